The van der Waals surface area contributed by atoms with Crippen molar-refractivity contribution in [3.05, 3.63) is 0 Å². The summed E-state index contributed by atoms with van der Waals surface area (Å²) >= 11 is -1.34. The van der Waals surface area contributed by atoms with Crippen molar-refractivity contribution in [3.63, 3.8) is 0 Å². The SMILES string of the molecule is CC1CCC(COO)C(NC2CCC(OS(=O)C3CCC(NC(=O)C4CC(C)CCC4C(=O)O)CC3)CC2)C1. The molecule has 0 aromatic carbocycles. The number of carbonyl (C=O) groups excluding carboxylic acids is 1. The van der Waals surface area contributed by atoms with E-state index in [-0.39, 0.29) is 23.3 Å². The van der Waals surface area contributed by atoms with E-state index in [1.54, 1.807) is 0 Å². The molecule has 7 unspecified atom stereocenters. The second kappa shape index (κ2) is 14.7. The fraction of sp³-hybridized carbons (Fsp3) is 0.931. The van der Waals surface area contributed by atoms with Gasteiger partial charge in [-0.05, 0) is 95.3 Å². The maximum atomic E-state index is 13.0. The molecule has 224 valence electrons. The minimum atomic E-state index is -1.34. The smallest absolute Gasteiger partial charge is 0.307 e. The molecule has 0 spiro atoms. The topological polar surface area (TPSA) is 134 Å². The van der Waals surface area contributed by atoms with Gasteiger partial charge in [0.15, 0.2) is 11.1 Å². The first-order valence-electron chi connectivity index (χ1n) is 15.4. The van der Waals surface area contributed by atoms with Crippen LogP contribution in [0.1, 0.15) is 104 Å². The molecule has 0 aromatic heterocycles. The second-order valence-electron chi connectivity index (χ2n) is 13.0. The van der Waals surface area contributed by atoms with Gasteiger partial charge in [-0.1, -0.05) is 20.3 Å². The Balaban J connectivity index is 1.15. The molecule has 4 aliphatic carbocycles. The summed E-state index contributed by atoms with van der Waals surface area (Å²) in [7, 11) is 0. The van der Waals surface area contributed by atoms with Crippen molar-refractivity contribution < 1.29 is 33.2 Å². The van der Waals surface area contributed by atoms with E-state index >= 15 is 0 Å². The quantitative estimate of drug-likeness (QED) is 0.224. The molecule has 10 heteroatoms. The zero-order chi connectivity index (χ0) is 27.9. The minimum absolute atomic E-state index is 0.0153. The van der Waals surface area contributed by atoms with Crippen LogP contribution in [0.3, 0.4) is 0 Å². The maximum absolute atomic E-state index is 13.0. The lowest BCUT2D eigenvalue weighted by Gasteiger charge is -2.39. The third kappa shape index (κ3) is 8.71. The zero-order valence-corrected chi connectivity index (χ0v) is 24.5. The van der Waals surface area contributed by atoms with Crippen molar-refractivity contribution in [2.75, 3.05) is 6.61 Å². The van der Waals surface area contributed by atoms with E-state index in [2.05, 4.69) is 29.4 Å². The molecule has 0 saturated heterocycles. The van der Waals surface area contributed by atoms with Crippen molar-refractivity contribution in [1.29, 1.82) is 0 Å². The average molecular weight is 571 g/mol. The first-order valence-corrected chi connectivity index (χ1v) is 16.5. The van der Waals surface area contributed by atoms with Gasteiger partial charge in [0.05, 0.1) is 29.8 Å². The predicted molar refractivity (Wildman–Crippen MR) is 149 cm³/mol. The van der Waals surface area contributed by atoms with E-state index in [1.165, 1.54) is 6.42 Å². The monoisotopic (exact) mass is 570 g/mol. The summed E-state index contributed by atoms with van der Waals surface area (Å²) in [4.78, 5) is 29.1. The normalized spacial score (nSPS) is 40.5. The molecule has 4 rings (SSSR count). The van der Waals surface area contributed by atoms with Crippen LogP contribution in [0.2, 0.25) is 0 Å². The van der Waals surface area contributed by atoms with Crippen LogP contribution in [-0.2, 0) is 29.7 Å². The molecule has 39 heavy (non-hydrogen) atoms. The fourth-order valence-corrected chi connectivity index (χ4v) is 8.73. The summed E-state index contributed by atoms with van der Waals surface area (Å²) in [5.41, 5.74) is 0. The highest BCUT2D eigenvalue weighted by molar-refractivity contribution is 7.80. The van der Waals surface area contributed by atoms with Crippen molar-refractivity contribution in [1.82, 2.24) is 10.6 Å². The van der Waals surface area contributed by atoms with Gasteiger partial charge >= 0.3 is 5.97 Å². The molecule has 0 radical (unpaired) electrons. The summed E-state index contributed by atoms with van der Waals surface area (Å²) in [5.74, 6) is -0.651. The van der Waals surface area contributed by atoms with Crippen molar-refractivity contribution in [2.24, 2.45) is 29.6 Å². The van der Waals surface area contributed by atoms with Crippen molar-refractivity contribution >= 4 is 23.0 Å². The fourth-order valence-electron chi connectivity index (χ4n) is 7.46. The Labute approximate surface area is 236 Å². The second-order valence-corrected chi connectivity index (χ2v) is 14.4. The lowest BCUT2D eigenvalue weighted by molar-refractivity contribution is -0.254. The lowest BCUT2D eigenvalue weighted by Crippen LogP contribution is -2.48. The summed E-state index contributed by atoms with van der Waals surface area (Å²) in [6, 6.07) is 0.799. The van der Waals surface area contributed by atoms with Crippen LogP contribution < -0.4 is 10.6 Å². The van der Waals surface area contributed by atoms with Gasteiger partial charge in [0, 0.05) is 24.0 Å². The Morgan fingerprint density at radius 1 is 0.821 bits per heavy atom. The van der Waals surface area contributed by atoms with Crippen molar-refractivity contribution in [2.45, 2.75) is 133 Å². The van der Waals surface area contributed by atoms with Crippen molar-refractivity contribution in [3.8, 4) is 0 Å². The molecule has 4 aliphatic rings. The standard InChI is InChI=1S/C29H50N2O7S/c1-18-4-14-25(29(33)34)26(15-18)28(32)31-22-8-12-24(13-9-22)39(36)38-23-10-6-21(7-11-23)30-27-16-19(2)3-5-20(27)17-37-35/h18-27,30,35H,3-17H2,1-2H3,(H,31,32)(H,33,34). The molecule has 4 saturated carbocycles. The van der Waals surface area contributed by atoms with Gasteiger partial charge in [-0.15, -0.1) is 0 Å². The number of aliphatic carboxylic acids is 1. The minimum Gasteiger partial charge on any atom is -0.481 e. The van der Waals surface area contributed by atoms with E-state index in [4.69, 9.17) is 9.44 Å². The Hall–Kier alpha value is -1.07. The third-order valence-electron chi connectivity index (χ3n) is 9.96. The summed E-state index contributed by atoms with van der Waals surface area (Å²) in [6.07, 6.45) is 12.2. The van der Waals surface area contributed by atoms with E-state index < -0.39 is 28.9 Å². The van der Waals surface area contributed by atoms with Crippen LogP contribution in [0.4, 0.5) is 0 Å². The number of carboxylic acid groups (broad SMARTS) is 1. The van der Waals surface area contributed by atoms with E-state index in [9.17, 15) is 18.9 Å². The van der Waals surface area contributed by atoms with Crippen LogP contribution in [0.25, 0.3) is 0 Å². The van der Waals surface area contributed by atoms with E-state index in [1.807, 2.05) is 0 Å². The van der Waals surface area contributed by atoms with Gasteiger partial charge in [0.2, 0.25) is 5.91 Å². The van der Waals surface area contributed by atoms with Gasteiger partial charge in [-0.3, -0.25) is 19.0 Å². The Morgan fingerprint density at radius 2 is 1.46 bits per heavy atom. The molecule has 7 atom stereocenters. The van der Waals surface area contributed by atoms with Crippen LogP contribution in [-0.4, -0.2) is 62.5 Å². The van der Waals surface area contributed by atoms with Gasteiger partial charge in [-0.2, -0.15) is 0 Å². The summed E-state index contributed by atoms with van der Waals surface area (Å²) in [5, 5.41) is 25.5. The number of amides is 1. The van der Waals surface area contributed by atoms with Crippen LogP contribution in [0.15, 0.2) is 0 Å². The molecule has 0 heterocycles. The largest absolute Gasteiger partial charge is 0.481 e. The third-order valence-corrected chi connectivity index (χ3v) is 11.4. The average Bonchev–Trinajstić information content (AvgIpc) is 2.91. The number of rotatable bonds is 10. The van der Waals surface area contributed by atoms with E-state index in [0.29, 0.717) is 49.3 Å². The molecule has 4 fully saturated rings. The van der Waals surface area contributed by atoms with Crippen LogP contribution in [0.5, 0.6) is 0 Å². The Bertz CT molecular complexity index is 828. The maximum Gasteiger partial charge on any atom is 0.307 e. The number of hydrogen-bond acceptors (Lipinski definition) is 7. The zero-order valence-electron chi connectivity index (χ0n) is 23.7. The van der Waals surface area contributed by atoms with E-state index in [0.717, 1.165) is 70.6 Å². The highest BCUT2D eigenvalue weighted by Crippen LogP contribution is 2.35. The number of hydrogen-bond donors (Lipinski definition) is 4. The van der Waals surface area contributed by atoms with Gasteiger partial charge in [0.1, 0.15) is 0 Å². The first kappa shape index (κ1) is 30.9. The molecule has 4 N–H and O–H groups in total. The Kier molecular flexibility index (Phi) is 11.6. The number of nitrogens with one attached hydrogen (secondary N) is 2. The lowest BCUT2D eigenvalue weighted by atomic mass is 9.74. The van der Waals surface area contributed by atoms with Gasteiger partial charge < -0.3 is 15.7 Å². The molecule has 9 nitrogen and oxygen atoms in total. The predicted octanol–water partition coefficient (Wildman–Crippen LogP) is 4.43. The molecule has 0 bridgehead atoms. The summed E-state index contributed by atoms with van der Waals surface area (Å²) < 4.78 is 19.1. The Morgan fingerprint density at radius 3 is 2.13 bits per heavy atom. The van der Waals surface area contributed by atoms with Crippen LogP contribution >= 0.6 is 0 Å². The molecular formula is C29H50N2O7S. The highest BCUT2D eigenvalue weighted by Gasteiger charge is 2.39. The molecule has 0 aliphatic heterocycles. The highest BCUT2D eigenvalue weighted by atomic mass is 32.2. The number of carboxylic acids is 1. The first-order chi connectivity index (χ1) is 18.7. The van der Waals surface area contributed by atoms with Gasteiger partial charge in [0.25, 0.3) is 0 Å². The number of carbonyl (C=O) groups is 2. The van der Waals surface area contributed by atoms with Gasteiger partial charge in [-0.25, -0.2) is 9.10 Å². The van der Waals surface area contributed by atoms with Crippen LogP contribution in [0, 0.1) is 29.6 Å². The molecule has 1 amide bonds. The molecule has 0 aromatic rings. The molecular weight excluding hydrogens is 520 g/mol. The summed E-state index contributed by atoms with van der Waals surface area (Å²) in [6.45, 7) is 4.76.